The first-order valence-corrected chi connectivity index (χ1v) is 9.79. The van der Waals surface area contributed by atoms with Crippen molar-refractivity contribution in [1.29, 1.82) is 0 Å². The molecule has 132 valence electrons. The number of rotatable bonds is 6. The van der Waals surface area contributed by atoms with Crippen molar-refractivity contribution in [1.82, 2.24) is 24.1 Å². The van der Waals surface area contributed by atoms with E-state index in [1.54, 1.807) is 11.8 Å². The van der Waals surface area contributed by atoms with Gasteiger partial charge < -0.3 is 13.7 Å². The Morgan fingerprint density at radius 3 is 3.00 bits per heavy atom. The van der Waals surface area contributed by atoms with Crippen LogP contribution in [0.1, 0.15) is 44.1 Å². The van der Waals surface area contributed by atoms with Gasteiger partial charge in [-0.05, 0) is 25.0 Å². The summed E-state index contributed by atoms with van der Waals surface area (Å²) < 4.78 is 10.1. The molecular formula is C18H23N5OS. The summed E-state index contributed by atoms with van der Waals surface area (Å²) in [7, 11) is 0. The van der Waals surface area contributed by atoms with Gasteiger partial charge in [0.2, 0.25) is 0 Å². The predicted molar refractivity (Wildman–Crippen MR) is 97.8 cm³/mol. The Kier molecular flexibility index (Phi) is 4.76. The molecule has 0 N–H and O–H groups in total. The molecular weight excluding hydrogens is 334 g/mol. The maximum atomic E-state index is 5.82. The molecule has 1 aliphatic heterocycles. The number of pyridine rings is 1. The van der Waals surface area contributed by atoms with Gasteiger partial charge in [-0.3, -0.25) is 0 Å². The number of fused-ring (bicyclic) bond motifs is 1. The van der Waals surface area contributed by atoms with Crippen molar-refractivity contribution in [2.75, 3.05) is 6.61 Å². The number of aromatic nitrogens is 5. The Morgan fingerprint density at radius 2 is 2.24 bits per heavy atom. The van der Waals surface area contributed by atoms with E-state index >= 15 is 0 Å². The fraction of sp³-hybridized carbons (Fsp3) is 0.500. The molecule has 0 aliphatic carbocycles. The molecule has 1 aliphatic rings. The predicted octanol–water partition coefficient (Wildman–Crippen LogP) is 3.52. The number of nitrogens with zero attached hydrogens (tertiary/aromatic N) is 5. The zero-order valence-electron chi connectivity index (χ0n) is 14.6. The van der Waals surface area contributed by atoms with Gasteiger partial charge in [0.05, 0.1) is 18.3 Å². The number of hydrogen-bond donors (Lipinski definition) is 0. The van der Waals surface area contributed by atoms with Gasteiger partial charge in [-0.25, -0.2) is 4.98 Å². The highest BCUT2D eigenvalue weighted by Crippen LogP contribution is 2.26. The van der Waals surface area contributed by atoms with Crippen molar-refractivity contribution < 1.29 is 4.74 Å². The molecule has 0 amide bonds. The lowest BCUT2D eigenvalue weighted by Crippen LogP contribution is -2.18. The molecule has 1 atom stereocenters. The van der Waals surface area contributed by atoms with Crippen molar-refractivity contribution in [3.05, 3.63) is 42.1 Å². The molecule has 25 heavy (non-hydrogen) atoms. The zero-order valence-corrected chi connectivity index (χ0v) is 15.4. The van der Waals surface area contributed by atoms with Crippen molar-refractivity contribution in [3.63, 3.8) is 0 Å². The van der Waals surface area contributed by atoms with E-state index < -0.39 is 0 Å². The minimum absolute atomic E-state index is 0.281. The van der Waals surface area contributed by atoms with Crippen LogP contribution in [0.4, 0.5) is 0 Å². The molecule has 3 aromatic rings. The van der Waals surface area contributed by atoms with Gasteiger partial charge in [0.15, 0.2) is 5.16 Å². The number of ether oxygens (including phenoxy) is 1. The third-order valence-corrected chi connectivity index (χ3v) is 5.44. The van der Waals surface area contributed by atoms with Crippen molar-refractivity contribution in [2.45, 2.75) is 56.2 Å². The van der Waals surface area contributed by atoms with Crippen LogP contribution in [0.15, 0.2) is 35.7 Å². The first-order chi connectivity index (χ1) is 12.2. The number of imidazole rings is 1. The van der Waals surface area contributed by atoms with Gasteiger partial charge in [-0.1, -0.05) is 31.7 Å². The van der Waals surface area contributed by atoms with Gasteiger partial charge in [-0.2, -0.15) is 0 Å². The van der Waals surface area contributed by atoms with E-state index in [2.05, 4.69) is 39.8 Å². The standard InChI is InChI=1S/C18H23N5OS/c1-13(2)17-20-21-18(23(17)11-15-6-5-9-24-15)25-12-14-10-22-8-4-3-7-16(22)19-14/h3-4,7-8,10,13,15H,5-6,9,11-12H2,1-2H3. The first kappa shape index (κ1) is 16.6. The van der Waals surface area contributed by atoms with Crippen LogP contribution < -0.4 is 0 Å². The smallest absolute Gasteiger partial charge is 0.191 e. The molecule has 3 aromatic heterocycles. The molecule has 1 unspecified atom stereocenters. The Hall–Kier alpha value is -1.86. The van der Waals surface area contributed by atoms with Gasteiger partial charge in [0.25, 0.3) is 0 Å². The number of hydrogen-bond acceptors (Lipinski definition) is 5. The Labute approximate surface area is 151 Å². The molecule has 0 radical (unpaired) electrons. The summed E-state index contributed by atoms with van der Waals surface area (Å²) in [6.07, 6.45) is 6.64. The summed E-state index contributed by atoms with van der Waals surface area (Å²) in [5.74, 6) is 2.16. The van der Waals surface area contributed by atoms with Gasteiger partial charge >= 0.3 is 0 Å². The van der Waals surface area contributed by atoms with Gasteiger partial charge in [-0.15, -0.1) is 10.2 Å². The topological polar surface area (TPSA) is 57.2 Å². The summed E-state index contributed by atoms with van der Waals surface area (Å²) in [4.78, 5) is 4.66. The van der Waals surface area contributed by atoms with E-state index in [1.165, 1.54) is 0 Å². The van der Waals surface area contributed by atoms with E-state index in [9.17, 15) is 0 Å². The second-order valence-corrected chi connectivity index (χ2v) is 7.67. The zero-order chi connectivity index (χ0) is 17.2. The summed E-state index contributed by atoms with van der Waals surface area (Å²) >= 11 is 1.69. The average Bonchev–Trinajstić information content (AvgIpc) is 3.32. The van der Waals surface area contributed by atoms with Crippen molar-refractivity contribution >= 4 is 17.4 Å². The molecule has 7 heteroatoms. The highest BCUT2D eigenvalue weighted by molar-refractivity contribution is 7.98. The van der Waals surface area contributed by atoms with Crippen LogP contribution in [0.3, 0.4) is 0 Å². The highest BCUT2D eigenvalue weighted by atomic mass is 32.2. The monoisotopic (exact) mass is 357 g/mol. The van der Waals surface area contributed by atoms with Crippen molar-refractivity contribution in [2.24, 2.45) is 0 Å². The average molecular weight is 357 g/mol. The lowest BCUT2D eigenvalue weighted by molar-refractivity contribution is 0.0940. The molecule has 0 saturated carbocycles. The fourth-order valence-corrected chi connectivity index (χ4v) is 4.03. The Balaban J connectivity index is 1.52. The van der Waals surface area contributed by atoms with Crippen LogP contribution in [0.25, 0.3) is 5.65 Å². The first-order valence-electron chi connectivity index (χ1n) is 8.81. The normalized spacial score (nSPS) is 17.8. The van der Waals surface area contributed by atoms with Crippen molar-refractivity contribution in [3.8, 4) is 0 Å². The molecule has 4 rings (SSSR count). The maximum absolute atomic E-state index is 5.82. The highest BCUT2D eigenvalue weighted by Gasteiger charge is 2.22. The molecule has 6 nitrogen and oxygen atoms in total. The van der Waals surface area contributed by atoms with E-state index in [0.717, 1.165) is 54.1 Å². The third-order valence-electron chi connectivity index (χ3n) is 4.44. The molecule has 0 bridgehead atoms. The van der Waals surface area contributed by atoms with E-state index in [4.69, 9.17) is 4.74 Å². The van der Waals surface area contributed by atoms with Gasteiger partial charge in [0, 0.05) is 30.7 Å². The van der Waals surface area contributed by atoms with Crippen LogP contribution in [0.5, 0.6) is 0 Å². The van der Waals surface area contributed by atoms with Crippen LogP contribution in [0.2, 0.25) is 0 Å². The maximum Gasteiger partial charge on any atom is 0.191 e. The van der Waals surface area contributed by atoms with E-state index in [0.29, 0.717) is 5.92 Å². The van der Waals surface area contributed by atoms with E-state index in [1.807, 2.05) is 28.8 Å². The second kappa shape index (κ2) is 7.17. The van der Waals surface area contributed by atoms with E-state index in [-0.39, 0.29) is 6.10 Å². The summed E-state index contributed by atoms with van der Waals surface area (Å²) in [6.45, 7) is 6.03. The Morgan fingerprint density at radius 1 is 1.32 bits per heavy atom. The summed E-state index contributed by atoms with van der Waals surface area (Å²) in [5, 5.41) is 9.81. The van der Waals surface area contributed by atoms with Crippen LogP contribution in [0, 0.1) is 0 Å². The molecule has 0 spiro atoms. The molecule has 1 fully saturated rings. The lowest BCUT2D eigenvalue weighted by atomic mass is 10.2. The summed E-state index contributed by atoms with van der Waals surface area (Å²) in [6, 6.07) is 6.04. The molecule has 4 heterocycles. The largest absolute Gasteiger partial charge is 0.376 e. The number of thioether (sulfide) groups is 1. The van der Waals surface area contributed by atoms with Crippen LogP contribution >= 0.6 is 11.8 Å². The summed E-state index contributed by atoms with van der Waals surface area (Å²) in [5.41, 5.74) is 2.02. The molecule has 1 saturated heterocycles. The Bertz CT molecular complexity index is 817. The third kappa shape index (κ3) is 3.57. The lowest BCUT2D eigenvalue weighted by Gasteiger charge is -2.15. The van der Waals surface area contributed by atoms with Gasteiger partial charge in [0.1, 0.15) is 11.5 Å². The minimum atomic E-state index is 0.281. The second-order valence-electron chi connectivity index (χ2n) is 6.73. The van der Waals surface area contributed by atoms with Crippen LogP contribution in [-0.4, -0.2) is 36.9 Å². The fourth-order valence-electron chi connectivity index (χ4n) is 3.19. The van der Waals surface area contributed by atoms with Crippen LogP contribution in [-0.2, 0) is 17.0 Å². The quantitative estimate of drug-likeness (QED) is 0.632. The minimum Gasteiger partial charge on any atom is -0.376 e. The molecule has 0 aromatic carbocycles. The SMILES string of the molecule is CC(C)c1nnc(SCc2cn3ccccc3n2)n1CC1CCCO1.